The molecule has 1 heterocycles. The number of carbonyl (C=O) groups is 3. The summed E-state index contributed by atoms with van der Waals surface area (Å²) in [6, 6.07) is -0.416. The number of aliphatic hydroxyl groups is 1. The van der Waals surface area contributed by atoms with Crippen LogP contribution in [0.15, 0.2) is 0 Å². The van der Waals surface area contributed by atoms with Crippen molar-refractivity contribution in [3.8, 4) is 0 Å². The molecule has 1 fully saturated rings. The zero-order valence-corrected chi connectivity index (χ0v) is 49.4. The zero-order chi connectivity index (χ0) is 53.3. The molecule has 1 N–H and O–H groups in total. The van der Waals surface area contributed by atoms with Gasteiger partial charge in [-0.05, 0) is 70.3 Å². The predicted molar refractivity (Wildman–Crippen MR) is 307 cm³/mol. The largest absolute Gasteiger partial charge is 0.466 e. The van der Waals surface area contributed by atoms with E-state index in [1.807, 2.05) is 0 Å². The van der Waals surface area contributed by atoms with E-state index < -0.39 is 17.9 Å². The molecule has 0 saturated carbocycles. The number of esters is 3. The molecule has 0 amide bonds. The fourth-order valence-corrected chi connectivity index (χ4v) is 10.8. The van der Waals surface area contributed by atoms with Gasteiger partial charge in [-0.15, -0.1) is 0 Å². The van der Waals surface area contributed by atoms with E-state index >= 15 is 0 Å². The zero-order valence-electron chi connectivity index (χ0n) is 49.4. The third-order valence-corrected chi connectivity index (χ3v) is 15.5. The number of nitrogens with zero attached hydrogens (tertiary/aromatic N) is 1. The molecule has 1 aliphatic rings. The van der Waals surface area contributed by atoms with Gasteiger partial charge in [0.25, 0.3) is 0 Å². The molecule has 1 rings (SSSR count). The molecule has 1 aliphatic heterocycles. The summed E-state index contributed by atoms with van der Waals surface area (Å²) in [5.74, 6) is -0.508. The number of rotatable bonds is 55. The summed E-state index contributed by atoms with van der Waals surface area (Å²) in [6.07, 6.45) is 49.7. The molecule has 0 radical (unpaired) electrons. The van der Waals surface area contributed by atoms with Crippen LogP contribution in [0.3, 0.4) is 0 Å². The number of ether oxygens (including phenoxy) is 4. The Bertz CT molecular complexity index is 1210. The maximum atomic E-state index is 13.9. The van der Waals surface area contributed by atoms with Gasteiger partial charge >= 0.3 is 17.9 Å². The van der Waals surface area contributed by atoms with E-state index in [0.29, 0.717) is 45.6 Å². The van der Waals surface area contributed by atoms with Gasteiger partial charge in [0.1, 0.15) is 6.04 Å². The fraction of sp³-hybridized carbons (Fsp3) is 0.953. The smallest absolute Gasteiger partial charge is 0.323 e. The molecule has 9 nitrogen and oxygen atoms in total. The van der Waals surface area contributed by atoms with E-state index in [9.17, 15) is 19.5 Å². The number of carbonyl (C=O) groups excluding carboxylic acids is 3. The maximum absolute atomic E-state index is 13.9. The Balaban J connectivity index is 2.65. The second-order valence-electron chi connectivity index (χ2n) is 23.2. The first-order valence-electron chi connectivity index (χ1n) is 32.2. The summed E-state index contributed by atoms with van der Waals surface area (Å²) in [5, 5.41) is 10.4. The van der Waals surface area contributed by atoms with Crippen molar-refractivity contribution in [3.05, 3.63) is 0 Å². The Morgan fingerprint density at radius 2 is 0.877 bits per heavy atom. The number of β-amino-alcohol motifs (C(OH)–C–C–N with tert-alkyl or cyclic N) is 1. The average Bonchev–Trinajstić information content (AvgIpc) is 3.75. The summed E-state index contributed by atoms with van der Waals surface area (Å²) in [5.41, 5.74) is 0. The van der Waals surface area contributed by atoms with Crippen LogP contribution in [0, 0.1) is 5.92 Å². The Hall–Kier alpha value is -1.71. The SMILES string of the molecule is CCCCCCCCC(CCCCCCCC)OC(CCCCCCCC)(CCCCCCCC)OC(=O)CCCCCCCOC(=O)[C@@H]1CC(O)CN1CCCCCC(=O)OCCCCCCCCC(C)C. The van der Waals surface area contributed by atoms with Crippen LogP contribution in [-0.2, 0) is 33.3 Å². The van der Waals surface area contributed by atoms with Crippen LogP contribution in [0.2, 0.25) is 0 Å². The highest BCUT2D eigenvalue weighted by Gasteiger charge is 2.38. The van der Waals surface area contributed by atoms with Gasteiger partial charge < -0.3 is 24.1 Å². The summed E-state index contributed by atoms with van der Waals surface area (Å²) < 4.78 is 25.2. The standard InChI is InChI=1S/C64H123NO8/c1-7-11-15-19-27-36-46-59(47-37-28-20-16-12-8-2)72-64(50-40-30-21-17-13-9-3,51-41-31-22-18-14-10-4)73-62(68)49-38-29-25-33-44-54-71-63(69)60-55-58(66)56-65(60)52-42-34-39-48-61(67)70-53-43-32-24-23-26-35-45-57(5)6/h57-60,66H,7-56H2,1-6H3/t58?,60-/m0/s1. The van der Waals surface area contributed by atoms with Crippen LogP contribution >= 0.6 is 0 Å². The van der Waals surface area contributed by atoms with Gasteiger partial charge in [0.2, 0.25) is 5.79 Å². The van der Waals surface area contributed by atoms with E-state index in [-0.39, 0.29) is 24.0 Å². The van der Waals surface area contributed by atoms with Crippen molar-refractivity contribution in [1.29, 1.82) is 0 Å². The molecular weight excluding hydrogens is 911 g/mol. The normalized spacial score (nSPS) is 15.2. The van der Waals surface area contributed by atoms with E-state index in [1.165, 1.54) is 161 Å². The van der Waals surface area contributed by atoms with Crippen LogP contribution in [0.4, 0.5) is 0 Å². The van der Waals surface area contributed by atoms with Crippen molar-refractivity contribution < 1.29 is 38.4 Å². The molecule has 0 aliphatic carbocycles. The van der Waals surface area contributed by atoms with Crippen molar-refractivity contribution in [2.75, 3.05) is 26.3 Å². The molecule has 0 bridgehead atoms. The quantitative estimate of drug-likeness (QED) is 0.0275. The minimum absolute atomic E-state index is 0.103. The maximum Gasteiger partial charge on any atom is 0.323 e. The van der Waals surface area contributed by atoms with Crippen LogP contribution < -0.4 is 0 Å². The Morgan fingerprint density at radius 3 is 1.37 bits per heavy atom. The van der Waals surface area contributed by atoms with Crippen LogP contribution in [0.25, 0.3) is 0 Å². The lowest BCUT2D eigenvalue weighted by atomic mass is 9.97. The van der Waals surface area contributed by atoms with Crippen molar-refractivity contribution in [3.63, 3.8) is 0 Å². The Morgan fingerprint density at radius 1 is 0.479 bits per heavy atom. The summed E-state index contributed by atoms with van der Waals surface area (Å²) in [6.45, 7) is 15.7. The number of unbranched alkanes of at least 4 members (excludes halogenated alkanes) is 31. The van der Waals surface area contributed by atoms with Crippen LogP contribution in [0.1, 0.15) is 337 Å². The first-order valence-corrected chi connectivity index (χ1v) is 32.2. The van der Waals surface area contributed by atoms with Crippen molar-refractivity contribution in [1.82, 2.24) is 4.90 Å². The van der Waals surface area contributed by atoms with Gasteiger partial charge in [0, 0.05) is 38.6 Å². The number of hydrogen-bond donors (Lipinski definition) is 1. The molecule has 1 unspecified atom stereocenters. The van der Waals surface area contributed by atoms with Gasteiger partial charge in [0.05, 0.1) is 25.4 Å². The van der Waals surface area contributed by atoms with Gasteiger partial charge in [-0.1, -0.05) is 247 Å². The van der Waals surface area contributed by atoms with E-state index in [0.717, 1.165) is 121 Å². The summed E-state index contributed by atoms with van der Waals surface area (Å²) >= 11 is 0. The van der Waals surface area contributed by atoms with E-state index in [4.69, 9.17) is 18.9 Å². The highest BCUT2D eigenvalue weighted by atomic mass is 16.7. The first kappa shape index (κ1) is 69.3. The lowest BCUT2D eigenvalue weighted by molar-refractivity contribution is -0.259. The molecular formula is C64H123NO8. The molecule has 0 spiro atoms. The van der Waals surface area contributed by atoms with Crippen molar-refractivity contribution in [2.24, 2.45) is 5.92 Å². The molecule has 9 heteroatoms. The first-order chi connectivity index (χ1) is 35.6. The predicted octanol–water partition coefficient (Wildman–Crippen LogP) is 18.4. The highest BCUT2D eigenvalue weighted by Crippen LogP contribution is 2.34. The van der Waals surface area contributed by atoms with Crippen LogP contribution in [0.5, 0.6) is 0 Å². The van der Waals surface area contributed by atoms with Crippen molar-refractivity contribution >= 4 is 17.9 Å². The third-order valence-electron chi connectivity index (χ3n) is 15.5. The van der Waals surface area contributed by atoms with E-state index in [2.05, 4.69) is 46.4 Å². The van der Waals surface area contributed by atoms with Gasteiger partial charge in [-0.3, -0.25) is 19.3 Å². The molecule has 0 aromatic carbocycles. The fourth-order valence-electron chi connectivity index (χ4n) is 10.8. The number of aliphatic hydroxyl groups excluding tert-OH is 1. The van der Waals surface area contributed by atoms with E-state index in [1.54, 1.807) is 0 Å². The molecule has 73 heavy (non-hydrogen) atoms. The third kappa shape index (κ3) is 41.1. The monoisotopic (exact) mass is 1030 g/mol. The highest BCUT2D eigenvalue weighted by molar-refractivity contribution is 5.76. The molecule has 432 valence electrons. The second kappa shape index (κ2) is 49.8. The summed E-state index contributed by atoms with van der Waals surface area (Å²) in [7, 11) is 0. The lowest BCUT2D eigenvalue weighted by Crippen LogP contribution is -2.42. The Kier molecular flexibility index (Phi) is 47.3. The average molecular weight is 1030 g/mol. The lowest BCUT2D eigenvalue weighted by Gasteiger charge is -2.37. The second-order valence-corrected chi connectivity index (χ2v) is 23.2. The van der Waals surface area contributed by atoms with Crippen LogP contribution in [-0.4, -0.2) is 78.3 Å². The molecule has 1 saturated heterocycles. The molecule has 0 aromatic heterocycles. The van der Waals surface area contributed by atoms with Gasteiger partial charge in [-0.2, -0.15) is 0 Å². The molecule has 2 atom stereocenters. The van der Waals surface area contributed by atoms with Gasteiger partial charge in [0.15, 0.2) is 0 Å². The Labute approximate surface area is 452 Å². The summed E-state index contributed by atoms with van der Waals surface area (Å²) in [4.78, 5) is 41.4. The van der Waals surface area contributed by atoms with Crippen molar-refractivity contribution in [2.45, 2.75) is 361 Å². The van der Waals surface area contributed by atoms with Gasteiger partial charge in [-0.25, -0.2) is 0 Å². The molecule has 0 aromatic rings. The minimum Gasteiger partial charge on any atom is -0.466 e. The topological polar surface area (TPSA) is 112 Å². The number of hydrogen-bond acceptors (Lipinski definition) is 9. The minimum atomic E-state index is -0.836. The number of likely N-dealkylation sites (tertiary alicyclic amines) is 1.